The normalized spacial score (nSPS) is 12.9. The van der Waals surface area contributed by atoms with Gasteiger partial charge in [0.05, 0.1) is 17.9 Å². The van der Waals surface area contributed by atoms with E-state index in [4.69, 9.17) is 0 Å². The Labute approximate surface area is 281 Å². The molecule has 0 rings (SSSR count). The minimum Gasteiger partial charge on any atom is -0.549 e. The zero-order chi connectivity index (χ0) is 30.8. The fraction of sp³-hybridized carbons (Fsp3) is 0.900. The number of carboxylic acid groups (broad SMARTS) is 3. The van der Waals surface area contributed by atoms with Gasteiger partial charge in [-0.1, -0.05) is 119 Å². The minimum atomic E-state index is -1.05. The fourth-order valence-electron chi connectivity index (χ4n) is 3.55. The molecular weight excluding hydrogens is 667 g/mol. The molecule has 0 saturated heterocycles. The van der Waals surface area contributed by atoms with Gasteiger partial charge >= 0.3 is 25.8 Å². The summed E-state index contributed by atoms with van der Waals surface area (Å²) in [6, 6.07) is 0. The molecule has 0 bridgehead atoms. The first-order chi connectivity index (χ1) is 18.1. The molecule has 0 aromatic rings. The summed E-state index contributed by atoms with van der Waals surface area (Å²) in [5.74, 6) is -0.916. The van der Waals surface area contributed by atoms with Crippen molar-refractivity contribution < 1.29 is 29.7 Å². The fourth-order valence-corrected chi connectivity index (χ4v) is 4.10. The molecule has 0 aromatic carbocycles. The molecule has 234 valence electrons. The minimum absolute atomic E-state index is 0. The van der Waals surface area contributed by atoms with Crippen molar-refractivity contribution in [3.05, 3.63) is 0 Å². The smallest absolute Gasteiger partial charge is 0.549 e. The molecule has 40 heavy (non-hydrogen) atoms. The van der Waals surface area contributed by atoms with Crippen LogP contribution in [-0.4, -0.2) is 59.5 Å². The van der Waals surface area contributed by atoms with Gasteiger partial charge in [-0.05, 0) is 37.0 Å². The largest absolute Gasteiger partial charge is 3.00 e. The van der Waals surface area contributed by atoms with Crippen molar-refractivity contribution >= 4 is 81.6 Å². The molecule has 0 radical (unpaired) electrons. The van der Waals surface area contributed by atoms with Crippen molar-refractivity contribution in [2.75, 3.05) is 0 Å². The molecule has 0 amide bonds. The van der Waals surface area contributed by atoms with Gasteiger partial charge in [0.25, 0.3) is 0 Å². The van der Waals surface area contributed by atoms with Gasteiger partial charge in [0, 0.05) is 15.7 Å². The Hall–Kier alpha value is 0.330. The van der Waals surface area contributed by atoms with Crippen LogP contribution in [0.1, 0.15) is 138 Å². The number of carbonyl (C=O) groups excluding carboxylic acids is 3. The van der Waals surface area contributed by atoms with Crippen molar-refractivity contribution in [1.82, 2.24) is 0 Å². The second-order valence-electron chi connectivity index (χ2n) is 11.6. The monoisotopic (exact) mass is 724 g/mol. The van der Waals surface area contributed by atoms with Gasteiger partial charge in [-0.25, -0.2) is 0 Å². The van der Waals surface area contributed by atoms with Gasteiger partial charge in [-0.15, -0.1) is 0 Å². The molecule has 6 nitrogen and oxygen atoms in total. The van der Waals surface area contributed by atoms with Crippen LogP contribution in [0, 0.1) is 17.8 Å². The van der Waals surface area contributed by atoms with Crippen LogP contribution in [-0.2, 0) is 14.4 Å². The van der Waals surface area contributed by atoms with Gasteiger partial charge in [-0.2, -0.15) is 37.9 Å². The van der Waals surface area contributed by atoms with E-state index in [1.807, 2.05) is 0 Å². The van der Waals surface area contributed by atoms with Crippen LogP contribution >= 0.6 is 37.9 Å². The second-order valence-corrected chi connectivity index (χ2v) is 13.5. The topological polar surface area (TPSA) is 120 Å². The molecular formula is C30H57InO6S3. The number of carbonyl (C=O) groups is 3. The number of hydrogen-bond acceptors (Lipinski definition) is 9. The van der Waals surface area contributed by atoms with E-state index in [-0.39, 0.29) is 25.8 Å². The SMILES string of the molecule is CC(C)CCCCCC(S)C(=O)[O-].CC(C)CCCCCC(S)C(=O)[O-].CC(C)CCCCCC(S)C(=O)[O-].[In+3]. The molecule has 3 unspecified atom stereocenters. The van der Waals surface area contributed by atoms with E-state index in [0.29, 0.717) is 19.3 Å². The number of unbranched alkanes of at least 4 members (excludes halogenated alkanes) is 6. The molecule has 0 heterocycles. The second kappa shape index (κ2) is 32.2. The summed E-state index contributed by atoms with van der Waals surface area (Å²) in [6.45, 7) is 13.2. The van der Waals surface area contributed by atoms with Crippen LogP contribution < -0.4 is 15.3 Å². The van der Waals surface area contributed by atoms with Gasteiger partial charge in [0.1, 0.15) is 0 Å². The first-order valence-corrected chi connectivity index (χ1v) is 16.3. The van der Waals surface area contributed by atoms with Crippen LogP contribution in [0.2, 0.25) is 0 Å². The summed E-state index contributed by atoms with van der Waals surface area (Å²) in [6.07, 6.45) is 15.2. The van der Waals surface area contributed by atoms with Crippen molar-refractivity contribution in [2.45, 2.75) is 154 Å². The third kappa shape index (κ3) is 40.5. The van der Waals surface area contributed by atoms with E-state index in [9.17, 15) is 29.7 Å². The Morgan fingerprint density at radius 1 is 0.425 bits per heavy atom. The number of aliphatic carboxylic acids is 3. The third-order valence-corrected chi connectivity index (χ3v) is 7.50. The molecule has 10 heteroatoms. The Balaban J connectivity index is -0.000000240. The zero-order valence-electron chi connectivity index (χ0n) is 25.9. The van der Waals surface area contributed by atoms with Crippen molar-refractivity contribution in [1.29, 1.82) is 0 Å². The van der Waals surface area contributed by atoms with Gasteiger partial charge in [0.15, 0.2) is 0 Å². The van der Waals surface area contributed by atoms with Crippen LogP contribution in [0.15, 0.2) is 0 Å². The predicted molar refractivity (Wildman–Crippen MR) is 173 cm³/mol. The van der Waals surface area contributed by atoms with E-state index in [1.165, 1.54) is 38.5 Å². The summed E-state index contributed by atoms with van der Waals surface area (Å²) in [5.41, 5.74) is 0. The van der Waals surface area contributed by atoms with E-state index in [1.54, 1.807) is 0 Å². The van der Waals surface area contributed by atoms with Gasteiger partial charge in [-0.3, -0.25) is 0 Å². The number of carboxylic acids is 3. The average molecular weight is 725 g/mol. The quantitative estimate of drug-likeness (QED) is 0.118. The van der Waals surface area contributed by atoms with Gasteiger partial charge in [0.2, 0.25) is 0 Å². The van der Waals surface area contributed by atoms with Crippen LogP contribution in [0.3, 0.4) is 0 Å². The summed E-state index contributed by atoms with van der Waals surface area (Å²) in [5, 5.41) is 29.1. The van der Waals surface area contributed by atoms with Crippen molar-refractivity contribution in [3.8, 4) is 0 Å². The maximum atomic E-state index is 10.3. The molecule has 0 saturated carbocycles. The van der Waals surface area contributed by atoms with Crippen molar-refractivity contribution in [3.63, 3.8) is 0 Å². The summed E-state index contributed by atoms with van der Waals surface area (Å²) < 4.78 is 0. The summed E-state index contributed by atoms with van der Waals surface area (Å²) >= 11 is 11.7. The predicted octanol–water partition coefficient (Wildman–Crippen LogP) is 4.54. The van der Waals surface area contributed by atoms with Crippen LogP contribution in [0.25, 0.3) is 0 Å². The number of rotatable bonds is 21. The molecule has 0 fully saturated rings. The van der Waals surface area contributed by atoms with E-state index in [2.05, 4.69) is 79.4 Å². The van der Waals surface area contributed by atoms with E-state index < -0.39 is 33.7 Å². The number of thiol groups is 3. The molecule has 0 spiro atoms. The third-order valence-electron chi connectivity index (χ3n) is 6.09. The molecule has 0 aliphatic carbocycles. The van der Waals surface area contributed by atoms with Crippen LogP contribution in [0.4, 0.5) is 0 Å². The molecule has 0 N–H and O–H groups in total. The molecule has 0 aliphatic heterocycles. The maximum Gasteiger partial charge on any atom is 3.00 e. The standard InChI is InChI=1S/3C10H20O2S.In/c3*1-8(2)6-4-3-5-7-9(13)10(11)12;/h3*8-9,13H,3-7H2,1-2H3,(H,11,12);/q;;;+3/p-3. The molecule has 0 aromatic heterocycles. The van der Waals surface area contributed by atoms with E-state index >= 15 is 0 Å². The average Bonchev–Trinajstić information content (AvgIpc) is 2.83. The van der Waals surface area contributed by atoms with E-state index in [0.717, 1.165) is 56.3 Å². The van der Waals surface area contributed by atoms with Crippen LogP contribution in [0.5, 0.6) is 0 Å². The van der Waals surface area contributed by atoms with Gasteiger partial charge < -0.3 is 29.7 Å². The Kier molecular flexibility index (Phi) is 38.1. The zero-order valence-corrected chi connectivity index (χ0v) is 31.9. The van der Waals surface area contributed by atoms with Crippen molar-refractivity contribution in [2.24, 2.45) is 17.8 Å². The Bertz CT molecular complexity index is 525. The first-order valence-electron chi connectivity index (χ1n) is 14.8. The molecule has 0 aliphatic rings. The Morgan fingerprint density at radius 3 is 0.750 bits per heavy atom. The first kappa shape index (κ1) is 47.3. The summed E-state index contributed by atoms with van der Waals surface area (Å²) in [4.78, 5) is 30.9. The Morgan fingerprint density at radius 2 is 0.600 bits per heavy atom. The number of hydrogen-bond donors (Lipinski definition) is 3. The maximum absolute atomic E-state index is 10.3. The molecule has 3 atom stereocenters. The summed E-state index contributed by atoms with van der Waals surface area (Å²) in [7, 11) is 0.